The molecule has 0 spiro atoms. The molecule has 5 heteroatoms. The molecule has 1 aromatic carbocycles. The summed E-state index contributed by atoms with van der Waals surface area (Å²) in [5.74, 6) is 0.675. The van der Waals surface area contributed by atoms with Crippen LogP contribution in [0.25, 0.3) is 0 Å². The molecule has 3 fully saturated rings. The molecule has 0 aromatic heterocycles. The van der Waals surface area contributed by atoms with Crippen molar-refractivity contribution < 1.29 is 9.59 Å². The maximum atomic E-state index is 13.3. The zero-order chi connectivity index (χ0) is 17.9. The Morgan fingerprint density at radius 1 is 0.962 bits per heavy atom. The van der Waals surface area contributed by atoms with Gasteiger partial charge in [0.1, 0.15) is 6.04 Å². The normalized spacial score (nSPS) is 29.2. The predicted molar refractivity (Wildman–Crippen MR) is 101 cm³/mol. The quantitative estimate of drug-likeness (QED) is 0.886. The van der Waals surface area contributed by atoms with E-state index < -0.39 is 0 Å². The first-order chi connectivity index (χ1) is 12.8. The van der Waals surface area contributed by atoms with Crippen LogP contribution in [0.5, 0.6) is 0 Å². The van der Waals surface area contributed by atoms with E-state index in [0.29, 0.717) is 11.5 Å². The van der Waals surface area contributed by atoms with Crippen molar-refractivity contribution in [2.24, 2.45) is 5.92 Å². The molecule has 140 valence electrons. The minimum Gasteiger partial charge on any atom is -0.340 e. The molecule has 3 unspecified atom stereocenters. The van der Waals surface area contributed by atoms with Gasteiger partial charge >= 0.3 is 0 Å². The van der Waals surface area contributed by atoms with Gasteiger partial charge in [-0.1, -0.05) is 31.0 Å². The monoisotopic (exact) mass is 355 g/mol. The maximum absolute atomic E-state index is 13.3. The Kier molecular flexibility index (Phi) is 5.25. The third-order valence-electron chi connectivity index (χ3n) is 6.28. The van der Waals surface area contributed by atoms with Crippen LogP contribution >= 0.6 is 0 Å². The Labute approximate surface area is 155 Å². The Hall–Kier alpha value is -1.88. The summed E-state index contributed by atoms with van der Waals surface area (Å²) in [5, 5.41) is 3.36. The van der Waals surface area contributed by atoms with Crippen molar-refractivity contribution in [3.05, 3.63) is 35.9 Å². The lowest BCUT2D eigenvalue weighted by Gasteiger charge is -2.35. The molecule has 0 bridgehead atoms. The fourth-order valence-corrected chi connectivity index (χ4v) is 4.98. The van der Waals surface area contributed by atoms with E-state index in [1.165, 1.54) is 6.42 Å². The third-order valence-corrected chi connectivity index (χ3v) is 6.28. The van der Waals surface area contributed by atoms with Gasteiger partial charge in [-0.05, 0) is 50.3 Å². The van der Waals surface area contributed by atoms with Gasteiger partial charge in [0.25, 0.3) is 5.91 Å². The smallest absolute Gasteiger partial charge is 0.254 e. The highest BCUT2D eigenvalue weighted by molar-refractivity contribution is 5.98. The predicted octanol–water partition coefficient (Wildman–Crippen LogP) is 2.28. The number of likely N-dealkylation sites (tertiary alicyclic amines) is 1. The van der Waals surface area contributed by atoms with Gasteiger partial charge in [-0.2, -0.15) is 0 Å². The maximum Gasteiger partial charge on any atom is 0.254 e. The molecule has 2 aliphatic heterocycles. The number of rotatable bonds is 2. The van der Waals surface area contributed by atoms with Gasteiger partial charge in [0.2, 0.25) is 5.91 Å². The average molecular weight is 355 g/mol. The Morgan fingerprint density at radius 2 is 1.77 bits per heavy atom. The van der Waals surface area contributed by atoms with Crippen molar-refractivity contribution in [1.82, 2.24) is 15.1 Å². The number of carbonyl (C=O) groups excluding carboxylic acids is 2. The molecule has 5 nitrogen and oxygen atoms in total. The number of hydrogen-bond acceptors (Lipinski definition) is 3. The lowest BCUT2D eigenvalue weighted by Crippen LogP contribution is -2.51. The van der Waals surface area contributed by atoms with E-state index in [4.69, 9.17) is 0 Å². The molecule has 26 heavy (non-hydrogen) atoms. The number of nitrogens with one attached hydrogen (secondary N) is 1. The minimum atomic E-state index is -0.283. The van der Waals surface area contributed by atoms with Crippen LogP contribution in [0.15, 0.2) is 30.3 Å². The number of hydrogen-bond donors (Lipinski definition) is 1. The number of carbonyl (C=O) groups is 2. The van der Waals surface area contributed by atoms with E-state index in [1.54, 1.807) is 0 Å². The van der Waals surface area contributed by atoms with E-state index in [1.807, 2.05) is 40.1 Å². The lowest BCUT2D eigenvalue weighted by atomic mass is 9.84. The standard InChI is InChI=1S/C21H29N3O2/c25-20(16-7-2-1-3-8-16)24-18-10-5-4-9-17(18)15-19(24)21(26)23-13-6-11-22-12-14-23/h1-3,7-8,17-19,22H,4-6,9-15H2. The molecular weight excluding hydrogens is 326 g/mol. The van der Waals surface area contributed by atoms with Crippen LogP contribution in [0, 0.1) is 5.92 Å². The highest BCUT2D eigenvalue weighted by atomic mass is 16.2. The second kappa shape index (κ2) is 7.78. The molecule has 1 N–H and O–H groups in total. The van der Waals surface area contributed by atoms with Crippen LogP contribution < -0.4 is 5.32 Å². The fourth-order valence-electron chi connectivity index (χ4n) is 4.98. The Balaban J connectivity index is 1.60. The van der Waals surface area contributed by atoms with E-state index in [9.17, 15) is 9.59 Å². The molecule has 2 saturated heterocycles. The summed E-state index contributed by atoms with van der Waals surface area (Å²) in [6.07, 6.45) is 6.39. The second-order valence-electron chi connectivity index (χ2n) is 7.87. The molecule has 1 aromatic rings. The van der Waals surface area contributed by atoms with Gasteiger partial charge in [0, 0.05) is 31.2 Å². The topological polar surface area (TPSA) is 52.7 Å². The Morgan fingerprint density at radius 3 is 2.62 bits per heavy atom. The van der Waals surface area contributed by atoms with Crippen LogP contribution in [-0.2, 0) is 4.79 Å². The molecule has 4 rings (SSSR count). The Bertz CT molecular complexity index is 640. The van der Waals surface area contributed by atoms with Gasteiger partial charge < -0.3 is 15.1 Å². The number of nitrogens with zero attached hydrogens (tertiary/aromatic N) is 2. The SMILES string of the molecule is O=C(C1CC2CCCCC2N1C(=O)c1ccccc1)N1CCCNCC1. The third kappa shape index (κ3) is 3.37. The summed E-state index contributed by atoms with van der Waals surface area (Å²) in [7, 11) is 0. The highest BCUT2D eigenvalue weighted by Gasteiger charge is 2.48. The molecular formula is C21H29N3O2. The first kappa shape index (κ1) is 17.5. The van der Waals surface area contributed by atoms with Crippen molar-refractivity contribution in [1.29, 1.82) is 0 Å². The number of benzene rings is 1. The van der Waals surface area contributed by atoms with Crippen molar-refractivity contribution in [3.63, 3.8) is 0 Å². The van der Waals surface area contributed by atoms with Gasteiger partial charge in [-0.3, -0.25) is 9.59 Å². The minimum absolute atomic E-state index is 0.0336. The molecule has 3 atom stereocenters. The highest BCUT2D eigenvalue weighted by Crippen LogP contribution is 2.41. The average Bonchev–Trinajstić information content (AvgIpc) is 2.86. The summed E-state index contributed by atoms with van der Waals surface area (Å²) in [4.78, 5) is 30.6. The molecule has 3 aliphatic rings. The first-order valence-corrected chi connectivity index (χ1v) is 10.1. The summed E-state index contributed by atoms with van der Waals surface area (Å²) in [6.45, 7) is 3.35. The van der Waals surface area contributed by atoms with Crippen molar-refractivity contribution in [2.75, 3.05) is 26.2 Å². The molecule has 1 saturated carbocycles. The largest absolute Gasteiger partial charge is 0.340 e. The zero-order valence-electron chi connectivity index (χ0n) is 15.4. The second-order valence-corrected chi connectivity index (χ2v) is 7.87. The van der Waals surface area contributed by atoms with E-state index in [-0.39, 0.29) is 23.9 Å². The van der Waals surface area contributed by atoms with Crippen molar-refractivity contribution in [2.45, 2.75) is 50.6 Å². The van der Waals surface area contributed by atoms with Crippen LogP contribution in [0.2, 0.25) is 0 Å². The molecule has 2 amide bonds. The summed E-state index contributed by atoms with van der Waals surface area (Å²) in [5.41, 5.74) is 0.703. The van der Waals surface area contributed by atoms with Crippen LogP contribution in [0.3, 0.4) is 0 Å². The van der Waals surface area contributed by atoms with Crippen LogP contribution in [-0.4, -0.2) is 59.9 Å². The van der Waals surface area contributed by atoms with Gasteiger partial charge in [0.15, 0.2) is 0 Å². The van der Waals surface area contributed by atoms with Crippen LogP contribution in [0.4, 0.5) is 0 Å². The van der Waals surface area contributed by atoms with Crippen molar-refractivity contribution >= 4 is 11.8 Å². The number of amides is 2. The molecule has 0 radical (unpaired) electrons. The summed E-state index contributed by atoms with van der Waals surface area (Å²) >= 11 is 0. The van der Waals surface area contributed by atoms with E-state index >= 15 is 0 Å². The van der Waals surface area contributed by atoms with E-state index in [2.05, 4.69) is 5.32 Å². The van der Waals surface area contributed by atoms with E-state index in [0.717, 1.165) is 58.3 Å². The summed E-state index contributed by atoms with van der Waals surface area (Å²) < 4.78 is 0. The first-order valence-electron chi connectivity index (χ1n) is 10.1. The zero-order valence-corrected chi connectivity index (χ0v) is 15.4. The van der Waals surface area contributed by atoms with Gasteiger partial charge in [-0.25, -0.2) is 0 Å². The number of fused-ring (bicyclic) bond motifs is 1. The lowest BCUT2D eigenvalue weighted by molar-refractivity contribution is -0.135. The van der Waals surface area contributed by atoms with Crippen molar-refractivity contribution in [3.8, 4) is 0 Å². The fraction of sp³-hybridized carbons (Fsp3) is 0.619. The molecule has 2 heterocycles. The molecule has 1 aliphatic carbocycles. The summed E-state index contributed by atoms with van der Waals surface area (Å²) in [6, 6.07) is 9.42. The van der Waals surface area contributed by atoms with Gasteiger partial charge in [0.05, 0.1) is 0 Å². The van der Waals surface area contributed by atoms with Crippen LogP contribution in [0.1, 0.15) is 48.9 Å². The van der Waals surface area contributed by atoms with Gasteiger partial charge in [-0.15, -0.1) is 0 Å².